The average Bonchev–Trinajstić information content (AvgIpc) is 3.00. The van der Waals surface area contributed by atoms with Crippen LogP contribution < -0.4 is 25.4 Å². The Morgan fingerprint density at radius 2 is 1.70 bits per heavy atom. The molecule has 2 amide bonds. The quantitative estimate of drug-likeness (QED) is 0.211. The molecule has 2 heterocycles. The van der Waals surface area contributed by atoms with Gasteiger partial charge < -0.3 is 25.4 Å². The van der Waals surface area contributed by atoms with Crippen LogP contribution in [0.4, 0.5) is 23.7 Å². The summed E-state index contributed by atoms with van der Waals surface area (Å²) in [4.78, 5) is 18.6. The van der Waals surface area contributed by atoms with E-state index in [-0.39, 0.29) is 18.4 Å². The number of urea groups is 1. The third kappa shape index (κ3) is 9.19. The number of benzene rings is 3. The van der Waals surface area contributed by atoms with Gasteiger partial charge in [0.15, 0.2) is 0 Å². The Bertz CT molecular complexity index is 1490. The summed E-state index contributed by atoms with van der Waals surface area (Å²) in [5.74, 6) is 0.172. The van der Waals surface area contributed by atoms with E-state index in [4.69, 9.17) is 4.74 Å². The molecule has 224 valence electrons. The smallest absolute Gasteiger partial charge is 0.489 e. The third-order valence-electron chi connectivity index (χ3n) is 6.85. The number of alkyl halides is 3. The van der Waals surface area contributed by atoms with Crippen molar-refractivity contribution in [2.45, 2.75) is 26.1 Å². The Hall–Kier alpha value is -4.61. The zero-order valence-corrected chi connectivity index (χ0v) is 23.4. The van der Waals surface area contributed by atoms with E-state index >= 15 is 0 Å². The van der Waals surface area contributed by atoms with E-state index in [0.717, 1.165) is 55.0 Å². The van der Waals surface area contributed by atoms with Crippen molar-refractivity contribution in [1.29, 1.82) is 0 Å². The average molecular weight is 592 g/mol. The first-order valence-electron chi connectivity index (χ1n) is 13.9. The minimum atomic E-state index is -4.81. The number of amides is 2. The van der Waals surface area contributed by atoms with Gasteiger partial charge in [-0.3, -0.25) is 9.88 Å². The van der Waals surface area contributed by atoms with Crippen molar-refractivity contribution >= 4 is 11.7 Å². The zero-order valence-electron chi connectivity index (χ0n) is 23.4. The second-order valence-corrected chi connectivity index (χ2v) is 10.1. The molecule has 3 aromatic carbocycles. The maximum atomic E-state index is 13.0. The molecule has 8 nitrogen and oxygen atoms in total. The van der Waals surface area contributed by atoms with Crippen molar-refractivity contribution in [2.24, 2.45) is 0 Å². The molecular weight excluding hydrogens is 559 g/mol. The first-order chi connectivity index (χ1) is 20.8. The van der Waals surface area contributed by atoms with Gasteiger partial charge in [-0.1, -0.05) is 30.3 Å². The molecule has 11 heteroatoms. The number of nitrogens with zero attached hydrogens (tertiary/aromatic N) is 2. The fourth-order valence-electron chi connectivity index (χ4n) is 4.79. The zero-order chi connectivity index (χ0) is 30.1. The van der Waals surface area contributed by atoms with E-state index < -0.39 is 6.36 Å². The van der Waals surface area contributed by atoms with Crippen molar-refractivity contribution < 1.29 is 27.4 Å². The molecule has 5 rings (SSSR count). The molecular formula is C32H32F3N5O3. The van der Waals surface area contributed by atoms with E-state index in [2.05, 4.69) is 42.7 Å². The molecule has 0 unspecified atom stereocenters. The van der Waals surface area contributed by atoms with Crippen LogP contribution in [0.15, 0.2) is 91.3 Å². The minimum absolute atomic E-state index is 0.00475. The second-order valence-electron chi connectivity index (χ2n) is 10.1. The van der Waals surface area contributed by atoms with E-state index in [1.165, 1.54) is 12.1 Å². The summed E-state index contributed by atoms with van der Waals surface area (Å²) < 4.78 is 49.1. The number of anilines is 1. The van der Waals surface area contributed by atoms with Gasteiger partial charge in [0.25, 0.3) is 0 Å². The Morgan fingerprint density at radius 3 is 2.44 bits per heavy atom. The summed E-state index contributed by atoms with van der Waals surface area (Å²) >= 11 is 0. The maximum Gasteiger partial charge on any atom is 0.573 e. The number of pyridine rings is 1. The van der Waals surface area contributed by atoms with Crippen LogP contribution in [-0.4, -0.2) is 48.5 Å². The summed E-state index contributed by atoms with van der Waals surface area (Å²) in [7, 11) is 0. The number of halogens is 3. The van der Waals surface area contributed by atoms with Crippen molar-refractivity contribution in [3.05, 3.63) is 108 Å². The third-order valence-corrected chi connectivity index (χ3v) is 6.85. The molecule has 1 aliphatic heterocycles. The highest BCUT2D eigenvalue weighted by Gasteiger charge is 2.31. The molecule has 1 saturated heterocycles. The van der Waals surface area contributed by atoms with Crippen LogP contribution in [0.3, 0.4) is 0 Å². The number of aromatic nitrogens is 1. The molecule has 0 spiro atoms. The van der Waals surface area contributed by atoms with E-state index in [1.807, 2.05) is 18.2 Å². The Morgan fingerprint density at radius 1 is 0.930 bits per heavy atom. The van der Waals surface area contributed by atoms with Crippen LogP contribution in [0.1, 0.15) is 16.7 Å². The highest BCUT2D eigenvalue weighted by atomic mass is 19.4. The SMILES string of the molecule is O=C(NCc1cccnc1)Nc1ccc(OCc2cc(OC(F)(F)F)ccc2-c2cccc(CN3CCNCC3)c2)cc1. The van der Waals surface area contributed by atoms with Crippen LogP contribution in [0.5, 0.6) is 11.5 Å². The second kappa shape index (κ2) is 14.0. The van der Waals surface area contributed by atoms with Gasteiger partial charge in [0.05, 0.1) is 0 Å². The number of piperazine rings is 1. The first-order valence-corrected chi connectivity index (χ1v) is 13.9. The van der Waals surface area contributed by atoms with Gasteiger partial charge in [-0.15, -0.1) is 13.2 Å². The van der Waals surface area contributed by atoms with Crippen molar-refractivity contribution in [3.63, 3.8) is 0 Å². The van der Waals surface area contributed by atoms with Gasteiger partial charge in [0.2, 0.25) is 0 Å². The predicted molar refractivity (Wildman–Crippen MR) is 158 cm³/mol. The van der Waals surface area contributed by atoms with Crippen LogP contribution in [0.2, 0.25) is 0 Å². The molecule has 43 heavy (non-hydrogen) atoms. The van der Waals surface area contributed by atoms with Crippen molar-refractivity contribution in [1.82, 2.24) is 20.5 Å². The Kier molecular flexibility index (Phi) is 9.75. The number of hydrogen-bond donors (Lipinski definition) is 3. The minimum Gasteiger partial charge on any atom is -0.489 e. The molecule has 3 N–H and O–H groups in total. The fraction of sp³-hybridized carbons (Fsp3) is 0.250. The van der Waals surface area contributed by atoms with E-state index in [9.17, 15) is 18.0 Å². The van der Waals surface area contributed by atoms with Gasteiger partial charge >= 0.3 is 12.4 Å². The predicted octanol–water partition coefficient (Wildman–Crippen LogP) is 5.95. The number of ether oxygens (including phenoxy) is 2. The molecule has 0 aliphatic carbocycles. The van der Waals surface area contributed by atoms with Crippen molar-refractivity contribution in [3.8, 4) is 22.6 Å². The Balaban J connectivity index is 1.26. The van der Waals surface area contributed by atoms with E-state index in [1.54, 1.807) is 48.8 Å². The molecule has 0 radical (unpaired) electrons. The van der Waals surface area contributed by atoms with Crippen LogP contribution in [0, 0.1) is 0 Å². The summed E-state index contributed by atoms with van der Waals surface area (Å²) in [6, 6.07) is 22.3. The lowest BCUT2D eigenvalue weighted by Crippen LogP contribution is -2.42. The lowest BCUT2D eigenvalue weighted by atomic mass is 9.98. The standard InChI is InChI=1S/C32H32F3N5O3/c33-32(34,35)43-29-10-11-30(25-5-1-3-23(17-25)21-40-15-13-36-14-16-40)26(18-29)22-42-28-8-6-27(7-9-28)39-31(41)38-20-24-4-2-12-37-19-24/h1-12,17-19,36H,13-16,20-22H2,(H2,38,39,41). The summed E-state index contributed by atoms with van der Waals surface area (Å²) in [5, 5.41) is 8.86. The lowest BCUT2D eigenvalue weighted by molar-refractivity contribution is -0.274. The summed E-state index contributed by atoms with van der Waals surface area (Å²) in [6.07, 6.45) is -1.48. The summed E-state index contributed by atoms with van der Waals surface area (Å²) in [6.45, 7) is 4.92. The molecule has 4 aromatic rings. The number of carbonyl (C=O) groups is 1. The van der Waals surface area contributed by atoms with Gasteiger partial charge in [-0.2, -0.15) is 0 Å². The van der Waals surface area contributed by atoms with Gasteiger partial charge in [-0.05, 0) is 70.8 Å². The van der Waals surface area contributed by atoms with Gasteiger partial charge in [-0.25, -0.2) is 4.79 Å². The molecule has 0 bridgehead atoms. The molecule has 1 aliphatic rings. The number of rotatable bonds is 10. The number of hydrogen-bond acceptors (Lipinski definition) is 6. The van der Waals surface area contributed by atoms with Gasteiger partial charge in [0, 0.05) is 62.9 Å². The van der Waals surface area contributed by atoms with Gasteiger partial charge in [0.1, 0.15) is 18.1 Å². The molecule has 0 saturated carbocycles. The van der Waals surface area contributed by atoms with Crippen molar-refractivity contribution in [2.75, 3.05) is 31.5 Å². The molecule has 0 atom stereocenters. The Labute approximate surface area is 247 Å². The topological polar surface area (TPSA) is 87.8 Å². The normalized spacial score (nSPS) is 13.7. The van der Waals surface area contributed by atoms with Crippen LogP contribution >= 0.6 is 0 Å². The van der Waals surface area contributed by atoms with Crippen LogP contribution in [0.25, 0.3) is 11.1 Å². The monoisotopic (exact) mass is 591 g/mol. The molecule has 1 aromatic heterocycles. The van der Waals surface area contributed by atoms with E-state index in [0.29, 0.717) is 23.5 Å². The fourth-order valence-corrected chi connectivity index (χ4v) is 4.79. The summed E-state index contributed by atoms with van der Waals surface area (Å²) in [5.41, 5.74) is 4.71. The maximum absolute atomic E-state index is 13.0. The number of carbonyl (C=O) groups excluding carboxylic acids is 1. The lowest BCUT2D eigenvalue weighted by Gasteiger charge is -2.27. The largest absolute Gasteiger partial charge is 0.573 e. The highest BCUT2D eigenvalue weighted by molar-refractivity contribution is 5.89. The molecule has 1 fully saturated rings. The highest BCUT2D eigenvalue weighted by Crippen LogP contribution is 2.32. The number of nitrogens with one attached hydrogen (secondary N) is 3. The van der Waals surface area contributed by atoms with Crippen LogP contribution in [-0.2, 0) is 19.7 Å². The first kappa shape index (κ1) is 29.9.